The van der Waals surface area contributed by atoms with Crippen molar-refractivity contribution < 1.29 is 5.11 Å². The minimum Gasteiger partial charge on any atom is -0.373 e. The Hall–Kier alpha value is -1.89. The first kappa shape index (κ1) is 8.70. The van der Waals surface area contributed by atoms with Crippen molar-refractivity contribution in [2.24, 2.45) is 0 Å². The van der Waals surface area contributed by atoms with Crippen molar-refractivity contribution in [3.8, 4) is 0 Å². The minimum absolute atomic E-state index is 0.00454. The van der Waals surface area contributed by atoms with Crippen LogP contribution in [0.15, 0.2) is 11.1 Å². The Balaban J connectivity index is 2.85. The number of anilines is 1. The van der Waals surface area contributed by atoms with Crippen LogP contribution in [0.1, 0.15) is 13.2 Å². The zero-order chi connectivity index (χ0) is 10.3. The number of hydrogen-bond acceptors (Lipinski definition) is 5. The summed E-state index contributed by atoms with van der Waals surface area (Å²) in [6, 6.07) is 0. The molecule has 0 aromatic carbocycles. The van der Waals surface area contributed by atoms with Crippen LogP contribution in [-0.4, -0.2) is 24.6 Å². The van der Waals surface area contributed by atoms with E-state index in [1.807, 2.05) is 0 Å². The number of aromatic nitrogens is 4. The standard InChI is InChI=1S/C7H9N5O2/c1-3(13)12-2-9-4-5(12)10-7(8)11-6(4)14/h2-3,13H,1H3,(H3,8,10,11,14). The number of aliphatic hydroxyl groups is 1. The van der Waals surface area contributed by atoms with Gasteiger partial charge in [0.2, 0.25) is 5.95 Å². The number of nitrogen functional groups attached to an aromatic ring is 1. The molecule has 0 aliphatic carbocycles. The van der Waals surface area contributed by atoms with Crippen molar-refractivity contribution in [1.82, 2.24) is 19.5 Å². The first-order valence-corrected chi connectivity index (χ1v) is 4.00. The molecule has 0 aliphatic rings. The third-order valence-corrected chi connectivity index (χ3v) is 1.85. The molecule has 1 unspecified atom stereocenters. The van der Waals surface area contributed by atoms with E-state index in [1.165, 1.54) is 10.9 Å². The molecule has 0 bridgehead atoms. The summed E-state index contributed by atoms with van der Waals surface area (Å²) in [6.45, 7) is 1.54. The number of hydrogen-bond donors (Lipinski definition) is 3. The Labute approximate surface area is 78.2 Å². The van der Waals surface area contributed by atoms with Gasteiger partial charge in [-0.25, -0.2) is 4.98 Å². The molecule has 0 saturated carbocycles. The Morgan fingerprint density at radius 2 is 2.43 bits per heavy atom. The Bertz CT molecular complexity index is 526. The van der Waals surface area contributed by atoms with E-state index < -0.39 is 11.8 Å². The molecule has 14 heavy (non-hydrogen) atoms. The summed E-state index contributed by atoms with van der Waals surface area (Å²) in [5.74, 6) is 0.00454. The van der Waals surface area contributed by atoms with Gasteiger partial charge >= 0.3 is 0 Å². The van der Waals surface area contributed by atoms with Gasteiger partial charge in [-0.05, 0) is 6.92 Å². The van der Waals surface area contributed by atoms with Gasteiger partial charge in [-0.3, -0.25) is 14.3 Å². The summed E-state index contributed by atoms with van der Waals surface area (Å²) < 4.78 is 1.36. The van der Waals surface area contributed by atoms with Gasteiger partial charge in [0.1, 0.15) is 6.23 Å². The summed E-state index contributed by atoms with van der Waals surface area (Å²) in [5, 5.41) is 9.32. The zero-order valence-electron chi connectivity index (χ0n) is 7.43. The van der Waals surface area contributed by atoms with Crippen LogP contribution in [0, 0.1) is 0 Å². The maximum atomic E-state index is 11.3. The third-order valence-electron chi connectivity index (χ3n) is 1.85. The van der Waals surface area contributed by atoms with E-state index in [1.54, 1.807) is 6.92 Å². The molecule has 0 radical (unpaired) electrons. The summed E-state index contributed by atoms with van der Waals surface area (Å²) in [5.41, 5.74) is 5.40. The van der Waals surface area contributed by atoms with Crippen LogP contribution in [0.2, 0.25) is 0 Å². The van der Waals surface area contributed by atoms with E-state index in [0.29, 0.717) is 0 Å². The lowest BCUT2D eigenvalue weighted by atomic mass is 10.5. The van der Waals surface area contributed by atoms with Crippen LogP contribution in [0.25, 0.3) is 11.2 Å². The number of aromatic amines is 1. The molecular weight excluding hydrogens is 186 g/mol. The molecule has 0 spiro atoms. The van der Waals surface area contributed by atoms with Crippen molar-refractivity contribution >= 4 is 17.1 Å². The van der Waals surface area contributed by atoms with Crippen LogP contribution in [-0.2, 0) is 0 Å². The van der Waals surface area contributed by atoms with E-state index in [-0.39, 0.29) is 17.1 Å². The van der Waals surface area contributed by atoms with Crippen LogP contribution < -0.4 is 11.3 Å². The fraction of sp³-hybridized carbons (Fsp3) is 0.286. The van der Waals surface area contributed by atoms with Gasteiger partial charge in [-0.15, -0.1) is 0 Å². The van der Waals surface area contributed by atoms with Gasteiger partial charge in [-0.2, -0.15) is 4.98 Å². The zero-order valence-corrected chi connectivity index (χ0v) is 7.43. The molecule has 2 aromatic rings. The van der Waals surface area contributed by atoms with Crippen LogP contribution >= 0.6 is 0 Å². The van der Waals surface area contributed by atoms with Crippen LogP contribution in [0.3, 0.4) is 0 Å². The van der Waals surface area contributed by atoms with E-state index in [9.17, 15) is 9.90 Å². The van der Waals surface area contributed by atoms with Crippen molar-refractivity contribution in [2.75, 3.05) is 5.73 Å². The second-order valence-corrected chi connectivity index (χ2v) is 2.91. The van der Waals surface area contributed by atoms with Gasteiger partial charge in [-0.1, -0.05) is 0 Å². The number of rotatable bonds is 1. The quantitative estimate of drug-likeness (QED) is 0.552. The number of nitrogens with zero attached hydrogens (tertiary/aromatic N) is 3. The van der Waals surface area contributed by atoms with Crippen molar-refractivity contribution in [1.29, 1.82) is 0 Å². The number of nitrogens with two attached hydrogens (primary N) is 1. The van der Waals surface area contributed by atoms with E-state index in [4.69, 9.17) is 5.73 Å². The highest BCUT2D eigenvalue weighted by atomic mass is 16.3. The van der Waals surface area contributed by atoms with E-state index in [0.717, 1.165) is 0 Å². The molecule has 7 heteroatoms. The molecule has 4 N–H and O–H groups in total. The molecule has 0 aliphatic heterocycles. The predicted molar refractivity (Wildman–Crippen MR) is 49.5 cm³/mol. The topological polar surface area (TPSA) is 110 Å². The maximum Gasteiger partial charge on any atom is 0.280 e. The summed E-state index contributed by atoms with van der Waals surface area (Å²) >= 11 is 0. The van der Waals surface area contributed by atoms with Gasteiger partial charge in [0, 0.05) is 0 Å². The van der Waals surface area contributed by atoms with Gasteiger partial charge in [0.05, 0.1) is 6.33 Å². The fourth-order valence-electron chi connectivity index (χ4n) is 1.22. The molecule has 0 saturated heterocycles. The second kappa shape index (κ2) is 2.81. The molecule has 0 amide bonds. The summed E-state index contributed by atoms with van der Waals surface area (Å²) in [6.07, 6.45) is 0.547. The fourth-order valence-corrected chi connectivity index (χ4v) is 1.22. The molecule has 2 aromatic heterocycles. The number of H-pyrrole nitrogens is 1. The SMILES string of the molecule is CC(O)n1cnc2c(=O)[nH]c(N)nc21. The average Bonchev–Trinajstić information content (AvgIpc) is 2.47. The third kappa shape index (κ3) is 1.14. The Kier molecular flexibility index (Phi) is 1.74. The normalized spacial score (nSPS) is 13.3. The highest BCUT2D eigenvalue weighted by Gasteiger charge is 2.11. The van der Waals surface area contributed by atoms with Crippen LogP contribution in [0.5, 0.6) is 0 Å². The molecule has 74 valence electrons. The molecular formula is C7H9N5O2. The van der Waals surface area contributed by atoms with Crippen molar-refractivity contribution in [2.45, 2.75) is 13.2 Å². The lowest BCUT2D eigenvalue weighted by Crippen LogP contribution is -2.13. The summed E-state index contributed by atoms with van der Waals surface area (Å²) in [7, 11) is 0. The largest absolute Gasteiger partial charge is 0.373 e. The smallest absolute Gasteiger partial charge is 0.280 e. The van der Waals surface area contributed by atoms with Gasteiger partial charge < -0.3 is 10.8 Å². The van der Waals surface area contributed by atoms with E-state index in [2.05, 4.69) is 15.0 Å². The minimum atomic E-state index is -0.798. The Morgan fingerprint density at radius 1 is 1.71 bits per heavy atom. The van der Waals surface area contributed by atoms with Crippen molar-refractivity contribution in [3.05, 3.63) is 16.7 Å². The predicted octanol–water partition coefficient (Wildman–Crippen LogP) is -0.787. The van der Waals surface area contributed by atoms with E-state index >= 15 is 0 Å². The van der Waals surface area contributed by atoms with Crippen LogP contribution in [0.4, 0.5) is 5.95 Å². The number of aliphatic hydroxyl groups excluding tert-OH is 1. The van der Waals surface area contributed by atoms with Crippen molar-refractivity contribution in [3.63, 3.8) is 0 Å². The highest BCUT2D eigenvalue weighted by molar-refractivity contribution is 5.70. The average molecular weight is 195 g/mol. The number of nitrogens with one attached hydrogen (secondary N) is 1. The number of imidazole rings is 1. The number of fused-ring (bicyclic) bond motifs is 1. The van der Waals surface area contributed by atoms with Gasteiger partial charge in [0.15, 0.2) is 11.2 Å². The maximum absolute atomic E-state index is 11.3. The summed E-state index contributed by atoms with van der Waals surface area (Å²) in [4.78, 5) is 21.3. The molecule has 2 rings (SSSR count). The molecule has 2 heterocycles. The lowest BCUT2D eigenvalue weighted by molar-refractivity contribution is 0.128. The highest BCUT2D eigenvalue weighted by Crippen LogP contribution is 2.10. The second-order valence-electron chi connectivity index (χ2n) is 2.91. The lowest BCUT2D eigenvalue weighted by Gasteiger charge is -2.05. The molecule has 7 nitrogen and oxygen atoms in total. The monoisotopic (exact) mass is 195 g/mol. The molecule has 0 fully saturated rings. The Morgan fingerprint density at radius 3 is 3.07 bits per heavy atom. The molecule has 1 atom stereocenters. The first-order chi connectivity index (χ1) is 6.59. The first-order valence-electron chi connectivity index (χ1n) is 4.00. The van der Waals surface area contributed by atoms with Gasteiger partial charge in [0.25, 0.3) is 5.56 Å².